The summed E-state index contributed by atoms with van der Waals surface area (Å²) in [5.74, 6) is 1.07. The van der Waals surface area contributed by atoms with Crippen LogP contribution in [0.3, 0.4) is 0 Å². The molecule has 2 aromatic carbocycles. The van der Waals surface area contributed by atoms with Crippen LogP contribution in [0.4, 0.5) is 10.5 Å². The fourth-order valence-electron chi connectivity index (χ4n) is 2.94. The fourth-order valence-corrected chi connectivity index (χ4v) is 4.54. The van der Waals surface area contributed by atoms with E-state index >= 15 is 0 Å². The Morgan fingerprint density at radius 2 is 1.79 bits per heavy atom. The Bertz CT molecular complexity index is 1100. The molecule has 0 radical (unpaired) electrons. The van der Waals surface area contributed by atoms with Gasteiger partial charge in [0.2, 0.25) is 6.79 Å². The van der Waals surface area contributed by atoms with E-state index in [4.69, 9.17) is 13.9 Å². The van der Waals surface area contributed by atoms with Gasteiger partial charge in [0, 0.05) is 18.3 Å². The minimum Gasteiger partial charge on any atom is -0.468 e. The summed E-state index contributed by atoms with van der Waals surface area (Å²) >= 11 is 0. The number of furan rings is 1. The normalized spacial score (nSPS) is 13.7. The molecule has 3 aromatic rings. The lowest BCUT2D eigenvalue weighted by atomic mass is 10.3. The molecule has 1 aromatic heterocycles. The molecular formula is C20H18N2O6S. The molecule has 1 atom stereocenters. The zero-order valence-corrected chi connectivity index (χ0v) is 16.0. The summed E-state index contributed by atoms with van der Waals surface area (Å²) in [5, 5.41) is 4.15. The average Bonchev–Trinajstić information content (AvgIpc) is 3.40. The number of hydrogen-bond acceptors (Lipinski definition) is 6. The summed E-state index contributed by atoms with van der Waals surface area (Å²) in [7, 11) is -3.89. The number of urea groups is 1. The molecule has 8 nitrogen and oxygen atoms in total. The number of nitrogens with one attached hydrogen (secondary N) is 2. The number of sulfone groups is 1. The predicted molar refractivity (Wildman–Crippen MR) is 105 cm³/mol. The summed E-state index contributed by atoms with van der Waals surface area (Å²) in [4.78, 5) is 12.3. The molecule has 29 heavy (non-hydrogen) atoms. The summed E-state index contributed by atoms with van der Waals surface area (Å²) in [6, 6.07) is 15.9. The molecule has 0 aliphatic carbocycles. The van der Waals surface area contributed by atoms with Crippen molar-refractivity contribution in [3.63, 3.8) is 0 Å². The number of carbonyl (C=O) groups excluding carboxylic acids is 1. The first kappa shape index (κ1) is 18.9. The lowest BCUT2D eigenvalue weighted by Gasteiger charge is -2.17. The lowest BCUT2D eigenvalue weighted by molar-refractivity contribution is 0.174. The number of amides is 2. The first-order valence-corrected chi connectivity index (χ1v) is 10.4. The van der Waals surface area contributed by atoms with E-state index in [2.05, 4.69) is 10.6 Å². The third-order valence-electron chi connectivity index (χ3n) is 4.39. The summed E-state index contributed by atoms with van der Waals surface area (Å²) in [6.45, 7) is -0.134. The summed E-state index contributed by atoms with van der Waals surface area (Å²) in [5.41, 5.74) is 0.596. The van der Waals surface area contributed by atoms with Crippen LogP contribution in [0.1, 0.15) is 11.0 Å². The van der Waals surface area contributed by atoms with Gasteiger partial charge >= 0.3 is 6.03 Å². The van der Waals surface area contributed by atoms with Gasteiger partial charge in [-0.2, -0.15) is 0 Å². The average molecular weight is 414 g/mol. The van der Waals surface area contributed by atoms with Crippen LogP contribution in [0.25, 0.3) is 0 Å². The molecule has 1 aliphatic rings. The second-order valence-corrected chi connectivity index (χ2v) is 8.40. The third kappa shape index (κ3) is 4.04. The maximum absolute atomic E-state index is 13.3. The SMILES string of the molecule is O=C(NC[C@@H](c1ccco1)S(=O)(=O)c1ccc2c(c1)OCO2)Nc1ccccc1. The number of carbonyl (C=O) groups is 1. The largest absolute Gasteiger partial charge is 0.468 e. The first-order chi connectivity index (χ1) is 14.0. The Kier molecular flexibility index (Phi) is 5.13. The predicted octanol–water partition coefficient (Wildman–Crippen LogP) is 3.35. The molecule has 4 rings (SSSR count). The van der Waals surface area contributed by atoms with Crippen LogP contribution in [0.2, 0.25) is 0 Å². The highest BCUT2D eigenvalue weighted by Crippen LogP contribution is 2.37. The van der Waals surface area contributed by atoms with Crippen molar-refractivity contribution in [1.29, 1.82) is 0 Å². The highest BCUT2D eigenvalue weighted by atomic mass is 32.2. The van der Waals surface area contributed by atoms with Gasteiger partial charge in [-0.3, -0.25) is 0 Å². The first-order valence-electron chi connectivity index (χ1n) is 8.81. The van der Waals surface area contributed by atoms with E-state index in [1.807, 2.05) is 6.07 Å². The second kappa shape index (κ2) is 7.88. The van der Waals surface area contributed by atoms with Crippen LogP contribution in [-0.4, -0.2) is 27.8 Å². The maximum Gasteiger partial charge on any atom is 0.319 e. The summed E-state index contributed by atoms with van der Waals surface area (Å²) in [6.07, 6.45) is 1.39. The number of hydrogen-bond donors (Lipinski definition) is 2. The highest BCUT2D eigenvalue weighted by molar-refractivity contribution is 7.91. The quantitative estimate of drug-likeness (QED) is 0.641. The van der Waals surface area contributed by atoms with Crippen LogP contribution in [0.15, 0.2) is 76.2 Å². The summed E-state index contributed by atoms with van der Waals surface area (Å²) < 4.78 is 42.4. The number of para-hydroxylation sites is 1. The molecule has 1 aliphatic heterocycles. The molecule has 0 saturated heterocycles. The van der Waals surface area contributed by atoms with E-state index in [0.29, 0.717) is 17.2 Å². The zero-order valence-electron chi connectivity index (χ0n) is 15.2. The minimum absolute atomic E-state index is 0.0433. The standard InChI is InChI=1S/C20H18N2O6S/c23-20(22-14-5-2-1-3-6-14)21-12-19(17-7-4-10-26-17)29(24,25)15-8-9-16-18(11-15)28-13-27-16/h1-11,19H,12-13H2,(H2,21,22,23)/t19-/m0/s1. The fraction of sp³-hybridized carbons (Fsp3) is 0.150. The molecule has 0 saturated carbocycles. The number of anilines is 1. The Morgan fingerprint density at radius 1 is 1.00 bits per heavy atom. The Morgan fingerprint density at radius 3 is 2.55 bits per heavy atom. The van der Waals surface area contributed by atoms with E-state index in [0.717, 1.165) is 0 Å². The van der Waals surface area contributed by atoms with Gasteiger partial charge in [0.15, 0.2) is 21.3 Å². The van der Waals surface area contributed by atoms with Crippen molar-refractivity contribution in [3.8, 4) is 11.5 Å². The smallest absolute Gasteiger partial charge is 0.319 e. The lowest BCUT2D eigenvalue weighted by Crippen LogP contribution is -2.34. The number of fused-ring (bicyclic) bond motifs is 1. The van der Waals surface area contributed by atoms with Crippen LogP contribution in [0, 0.1) is 0 Å². The van der Waals surface area contributed by atoms with E-state index in [-0.39, 0.29) is 24.0 Å². The van der Waals surface area contributed by atoms with Crippen molar-refractivity contribution in [2.75, 3.05) is 18.7 Å². The molecular weight excluding hydrogens is 396 g/mol. The number of benzene rings is 2. The van der Waals surface area contributed by atoms with Gasteiger partial charge < -0.3 is 24.5 Å². The molecule has 0 spiro atoms. The van der Waals surface area contributed by atoms with Gasteiger partial charge in [-0.1, -0.05) is 18.2 Å². The topological polar surface area (TPSA) is 107 Å². The monoisotopic (exact) mass is 414 g/mol. The zero-order chi connectivity index (χ0) is 20.3. The van der Waals surface area contributed by atoms with Crippen LogP contribution in [0.5, 0.6) is 11.5 Å². The Labute approximate surface area is 167 Å². The maximum atomic E-state index is 13.3. The van der Waals surface area contributed by atoms with Gasteiger partial charge in [0.25, 0.3) is 0 Å². The molecule has 0 fully saturated rings. The molecule has 2 heterocycles. The van der Waals surface area contributed by atoms with E-state index < -0.39 is 21.1 Å². The Balaban J connectivity index is 1.55. The molecule has 0 bridgehead atoms. The molecule has 2 N–H and O–H groups in total. The van der Waals surface area contributed by atoms with Gasteiger partial charge in [-0.05, 0) is 36.4 Å². The van der Waals surface area contributed by atoms with Gasteiger partial charge in [0.1, 0.15) is 11.0 Å². The highest BCUT2D eigenvalue weighted by Gasteiger charge is 2.33. The van der Waals surface area contributed by atoms with Crippen LogP contribution >= 0.6 is 0 Å². The minimum atomic E-state index is -3.89. The van der Waals surface area contributed by atoms with Gasteiger partial charge in [-0.25, -0.2) is 13.2 Å². The van der Waals surface area contributed by atoms with Crippen molar-refractivity contribution in [3.05, 3.63) is 72.7 Å². The van der Waals surface area contributed by atoms with Gasteiger partial charge in [0.05, 0.1) is 11.2 Å². The van der Waals surface area contributed by atoms with E-state index in [1.165, 1.54) is 18.4 Å². The number of rotatable bonds is 6. The Hall–Kier alpha value is -3.46. The van der Waals surface area contributed by atoms with Crippen molar-refractivity contribution in [2.45, 2.75) is 10.1 Å². The number of ether oxygens (including phenoxy) is 2. The van der Waals surface area contributed by atoms with Crippen molar-refractivity contribution < 1.29 is 27.1 Å². The van der Waals surface area contributed by atoms with Crippen molar-refractivity contribution in [2.24, 2.45) is 0 Å². The molecule has 0 unspecified atom stereocenters. The van der Waals surface area contributed by atoms with Gasteiger partial charge in [-0.15, -0.1) is 0 Å². The second-order valence-electron chi connectivity index (χ2n) is 6.27. The van der Waals surface area contributed by atoms with E-state index in [9.17, 15) is 13.2 Å². The molecule has 9 heteroatoms. The van der Waals surface area contributed by atoms with E-state index in [1.54, 1.807) is 42.5 Å². The van der Waals surface area contributed by atoms with Crippen molar-refractivity contribution >= 4 is 21.6 Å². The molecule has 2 amide bonds. The molecule has 150 valence electrons. The van der Waals surface area contributed by atoms with Crippen LogP contribution < -0.4 is 20.1 Å². The third-order valence-corrected chi connectivity index (χ3v) is 6.45. The van der Waals surface area contributed by atoms with Crippen molar-refractivity contribution in [1.82, 2.24) is 5.32 Å². The van der Waals surface area contributed by atoms with Crippen LogP contribution in [-0.2, 0) is 9.84 Å².